The van der Waals surface area contributed by atoms with Crippen LogP contribution in [0.25, 0.3) is 22.3 Å². The van der Waals surface area contributed by atoms with Crippen LogP contribution in [-0.2, 0) is 32.9 Å². The van der Waals surface area contributed by atoms with Crippen LogP contribution in [-0.4, -0.2) is 33.8 Å². The fourth-order valence-corrected chi connectivity index (χ4v) is 4.89. The van der Waals surface area contributed by atoms with Gasteiger partial charge in [0.1, 0.15) is 6.61 Å². The molecule has 0 spiro atoms. The number of hydrogen-bond acceptors (Lipinski definition) is 7. The number of carbonyl (C=O) groups excluding carboxylic acids is 1. The number of nitrogens with zero attached hydrogens (tertiary/aromatic N) is 2. The first kappa shape index (κ1) is 20.8. The molecular formula is C24H25N3O5. The van der Waals surface area contributed by atoms with Gasteiger partial charge in [-0.25, -0.2) is 9.78 Å². The number of rotatable bonds is 5. The van der Waals surface area contributed by atoms with E-state index < -0.39 is 17.8 Å². The van der Waals surface area contributed by atoms with E-state index >= 15 is 0 Å². The van der Waals surface area contributed by atoms with Crippen LogP contribution in [0, 0.1) is 0 Å². The molecule has 166 valence electrons. The van der Waals surface area contributed by atoms with E-state index in [4.69, 9.17) is 20.2 Å². The average Bonchev–Trinajstić information content (AvgIpc) is 3.12. The molecule has 1 aromatic carbocycles. The van der Waals surface area contributed by atoms with Crippen molar-refractivity contribution in [2.45, 2.75) is 45.1 Å². The van der Waals surface area contributed by atoms with Crippen LogP contribution in [0.15, 0.2) is 35.1 Å². The molecule has 2 aromatic heterocycles. The molecule has 0 fully saturated rings. The van der Waals surface area contributed by atoms with E-state index in [2.05, 4.69) is 6.92 Å². The predicted molar refractivity (Wildman–Crippen MR) is 118 cm³/mol. The minimum atomic E-state index is -1.87. The Morgan fingerprint density at radius 2 is 2.09 bits per heavy atom. The number of hydrogen-bond donors (Lipinski definition) is 2. The van der Waals surface area contributed by atoms with Crippen LogP contribution in [0.4, 0.5) is 0 Å². The van der Waals surface area contributed by atoms with Gasteiger partial charge >= 0.3 is 5.97 Å². The minimum Gasteiger partial charge on any atom is -0.458 e. The Morgan fingerprint density at radius 1 is 1.31 bits per heavy atom. The van der Waals surface area contributed by atoms with Crippen molar-refractivity contribution in [3.63, 3.8) is 0 Å². The number of benzene rings is 1. The lowest BCUT2D eigenvalue weighted by atomic mass is 9.86. The average molecular weight is 435 g/mol. The van der Waals surface area contributed by atoms with Crippen molar-refractivity contribution in [1.82, 2.24) is 9.55 Å². The van der Waals surface area contributed by atoms with Gasteiger partial charge in [0.25, 0.3) is 5.56 Å². The number of aryl methyl sites for hydroxylation is 1. The lowest BCUT2D eigenvalue weighted by Gasteiger charge is -2.32. The van der Waals surface area contributed by atoms with Gasteiger partial charge in [0, 0.05) is 23.1 Å². The van der Waals surface area contributed by atoms with Gasteiger partial charge < -0.3 is 20.3 Å². The van der Waals surface area contributed by atoms with Crippen molar-refractivity contribution in [2.75, 3.05) is 13.2 Å². The summed E-state index contributed by atoms with van der Waals surface area (Å²) in [4.78, 5) is 31.0. The molecule has 0 radical (unpaired) electrons. The number of carbonyl (C=O) groups is 1. The van der Waals surface area contributed by atoms with Crippen molar-refractivity contribution in [1.29, 1.82) is 0 Å². The van der Waals surface area contributed by atoms with Crippen LogP contribution < -0.4 is 11.3 Å². The third-order valence-electron chi connectivity index (χ3n) is 6.50. The number of pyridine rings is 2. The Bertz CT molecular complexity index is 1320. The highest BCUT2D eigenvalue weighted by Gasteiger charge is 2.46. The quantitative estimate of drug-likeness (QED) is 0.590. The summed E-state index contributed by atoms with van der Waals surface area (Å²) in [7, 11) is 0. The Balaban J connectivity index is 1.87. The molecular weight excluding hydrogens is 410 g/mol. The number of aromatic nitrogens is 2. The summed E-state index contributed by atoms with van der Waals surface area (Å²) in [6.07, 6.45) is 0.116. The molecule has 3 aromatic rings. The zero-order chi connectivity index (χ0) is 22.6. The third kappa shape index (κ3) is 2.70. The number of aliphatic hydroxyl groups is 1. The molecule has 5 rings (SSSR count). The standard InChI is InChI=1S/C24H25N3O5/c1-3-13-14-7-5-6-8-17(14)26-20-18-11-16-15(12-32-23(29)24(16,30)4-2)21(28)27(18)22(19(13)20)31-10-9-25/h5-8,11,22,30H,3-4,9-10,12,25H2,1-2H3. The number of ether oxygens (including phenoxy) is 2. The second-order valence-corrected chi connectivity index (χ2v) is 8.12. The van der Waals surface area contributed by atoms with E-state index in [1.54, 1.807) is 17.6 Å². The minimum absolute atomic E-state index is 0.0903. The largest absolute Gasteiger partial charge is 0.458 e. The van der Waals surface area contributed by atoms with Gasteiger partial charge in [0.15, 0.2) is 11.8 Å². The first-order chi connectivity index (χ1) is 15.5. The Morgan fingerprint density at radius 3 is 2.81 bits per heavy atom. The number of esters is 1. The second-order valence-electron chi connectivity index (χ2n) is 8.12. The highest BCUT2D eigenvalue weighted by atomic mass is 16.6. The van der Waals surface area contributed by atoms with Crippen molar-refractivity contribution in [3.05, 3.63) is 62.9 Å². The van der Waals surface area contributed by atoms with E-state index in [0.717, 1.165) is 28.5 Å². The second kappa shape index (κ2) is 7.51. The maximum Gasteiger partial charge on any atom is 0.343 e. The van der Waals surface area contributed by atoms with Gasteiger partial charge in [-0.3, -0.25) is 9.36 Å². The number of para-hydroxylation sites is 1. The SMILES string of the molecule is CCc1c2c(nc3ccccc13)-c1cc3c(c(=O)n1C2OCCN)COC(=O)C3(O)CC. The molecule has 8 heteroatoms. The zero-order valence-electron chi connectivity index (χ0n) is 18.1. The summed E-state index contributed by atoms with van der Waals surface area (Å²) in [5.74, 6) is -0.744. The highest BCUT2D eigenvalue weighted by Crippen LogP contribution is 2.45. The van der Waals surface area contributed by atoms with Crippen molar-refractivity contribution in [2.24, 2.45) is 5.73 Å². The van der Waals surface area contributed by atoms with Crippen LogP contribution >= 0.6 is 0 Å². The molecule has 4 heterocycles. The van der Waals surface area contributed by atoms with E-state index in [1.807, 2.05) is 24.3 Å². The fraction of sp³-hybridized carbons (Fsp3) is 0.375. The van der Waals surface area contributed by atoms with Crippen molar-refractivity contribution in [3.8, 4) is 11.4 Å². The molecule has 32 heavy (non-hydrogen) atoms. The normalized spacial score (nSPS) is 21.2. The molecule has 8 nitrogen and oxygen atoms in total. The summed E-state index contributed by atoms with van der Waals surface area (Å²) in [6, 6.07) is 9.53. The van der Waals surface area contributed by atoms with Crippen molar-refractivity contribution < 1.29 is 19.4 Å². The maximum absolute atomic E-state index is 13.7. The molecule has 0 amide bonds. The number of fused-ring (bicyclic) bond motifs is 5. The van der Waals surface area contributed by atoms with Crippen LogP contribution in [0.5, 0.6) is 0 Å². The summed E-state index contributed by atoms with van der Waals surface area (Å²) in [5.41, 5.74) is 7.85. The molecule has 2 atom stereocenters. The first-order valence-corrected chi connectivity index (χ1v) is 10.9. The third-order valence-corrected chi connectivity index (χ3v) is 6.50. The smallest absolute Gasteiger partial charge is 0.343 e. The molecule has 0 saturated heterocycles. The summed E-state index contributed by atoms with van der Waals surface area (Å²) < 4.78 is 12.8. The van der Waals surface area contributed by atoms with Crippen LogP contribution in [0.3, 0.4) is 0 Å². The van der Waals surface area contributed by atoms with Gasteiger partial charge in [-0.15, -0.1) is 0 Å². The molecule has 0 aliphatic carbocycles. The predicted octanol–water partition coefficient (Wildman–Crippen LogP) is 2.12. The highest BCUT2D eigenvalue weighted by molar-refractivity contribution is 5.89. The van der Waals surface area contributed by atoms with Gasteiger partial charge in [-0.2, -0.15) is 0 Å². The van der Waals surface area contributed by atoms with Crippen LogP contribution in [0.1, 0.15) is 48.8 Å². The molecule has 2 unspecified atom stereocenters. The Labute approximate surface area is 184 Å². The molecule has 3 N–H and O–H groups in total. The van der Waals surface area contributed by atoms with Crippen LogP contribution in [0.2, 0.25) is 0 Å². The monoisotopic (exact) mass is 435 g/mol. The van der Waals surface area contributed by atoms with Gasteiger partial charge in [0.2, 0.25) is 0 Å². The first-order valence-electron chi connectivity index (χ1n) is 10.9. The van der Waals surface area contributed by atoms with E-state index in [1.165, 1.54) is 0 Å². The van der Waals surface area contributed by atoms with E-state index in [-0.39, 0.29) is 36.3 Å². The van der Waals surface area contributed by atoms with Crippen molar-refractivity contribution >= 4 is 16.9 Å². The zero-order valence-corrected chi connectivity index (χ0v) is 18.1. The van der Waals surface area contributed by atoms with E-state index in [0.29, 0.717) is 17.9 Å². The lowest BCUT2D eigenvalue weighted by Crippen LogP contribution is -2.44. The Kier molecular flexibility index (Phi) is 4.88. The van der Waals surface area contributed by atoms with E-state index in [9.17, 15) is 14.7 Å². The summed E-state index contributed by atoms with van der Waals surface area (Å²) in [6.45, 7) is 4.11. The van der Waals surface area contributed by atoms with Gasteiger partial charge in [-0.1, -0.05) is 32.0 Å². The molecule has 2 aliphatic rings. The molecule has 2 aliphatic heterocycles. The fourth-order valence-electron chi connectivity index (χ4n) is 4.89. The maximum atomic E-state index is 13.7. The summed E-state index contributed by atoms with van der Waals surface area (Å²) in [5, 5.41) is 12.1. The number of nitrogens with two attached hydrogens (primary N) is 1. The topological polar surface area (TPSA) is 117 Å². The van der Waals surface area contributed by atoms with Gasteiger partial charge in [-0.05, 0) is 30.5 Å². The van der Waals surface area contributed by atoms with Gasteiger partial charge in [0.05, 0.1) is 29.1 Å². The molecule has 0 bridgehead atoms. The Hall–Kier alpha value is -3.07. The lowest BCUT2D eigenvalue weighted by molar-refractivity contribution is -0.172. The number of cyclic esters (lactones) is 1. The molecule has 0 saturated carbocycles. The summed E-state index contributed by atoms with van der Waals surface area (Å²) >= 11 is 0.